The van der Waals surface area contributed by atoms with E-state index in [2.05, 4.69) is 29.7 Å². The number of rotatable bonds is 5. The zero-order chi connectivity index (χ0) is 20.3. The molecule has 1 saturated heterocycles. The van der Waals surface area contributed by atoms with E-state index in [1.807, 2.05) is 25.7 Å². The topological polar surface area (TPSA) is 56.6 Å². The van der Waals surface area contributed by atoms with Gasteiger partial charge in [0.2, 0.25) is 0 Å². The first-order chi connectivity index (χ1) is 13.3. The van der Waals surface area contributed by atoms with E-state index >= 15 is 0 Å². The van der Waals surface area contributed by atoms with Gasteiger partial charge in [-0.15, -0.1) is 0 Å². The Morgan fingerprint density at radius 1 is 1.32 bits per heavy atom. The molecule has 1 fully saturated rings. The summed E-state index contributed by atoms with van der Waals surface area (Å²) < 4.78 is 13.2. The molecule has 0 N–H and O–H groups in total. The molecular formula is C22H33N3O3. The third-order valence-corrected chi connectivity index (χ3v) is 5.10. The van der Waals surface area contributed by atoms with Crippen molar-refractivity contribution < 1.29 is 14.3 Å². The molecule has 3 rings (SSSR count). The number of amides is 1. The third-order valence-electron chi connectivity index (χ3n) is 5.10. The number of ether oxygens (including phenoxy) is 2. The number of benzene rings is 1. The Bertz CT molecular complexity index is 822. The average molecular weight is 388 g/mol. The van der Waals surface area contributed by atoms with Gasteiger partial charge >= 0.3 is 6.09 Å². The number of hydrogen-bond donors (Lipinski definition) is 0. The van der Waals surface area contributed by atoms with Crippen molar-refractivity contribution in [2.75, 3.05) is 26.8 Å². The summed E-state index contributed by atoms with van der Waals surface area (Å²) >= 11 is 0. The number of imidazole rings is 1. The first-order valence-corrected chi connectivity index (χ1v) is 10.2. The van der Waals surface area contributed by atoms with Gasteiger partial charge in [-0.3, -0.25) is 0 Å². The van der Waals surface area contributed by atoms with Crippen LogP contribution in [0.25, 0.3) is 11.0 Å². The molecule has 1 aliphatic heterocycles. The van der Waals surface area contributed by atoms with Gasteiger partial charge in [0, 0.05) is 39.3 Å². The van der Waals surface area contributed by atoms with Crippen LogP contribution in [0.3, 0.4) is 0 Å². The van der Waals surface area contributed by atoms with E-state index in [1.54, 1.807) is 7.11 Å². The quantitative estimate of drug-likeness (QED) is 0.709. The first-order valence-electron chi connectivity index (χ1n) is 10.2. The second kappa shape index (κ2) is 8.52. The number of methoxy groups -OCH3 is 1. The van der Waals surface area contributed by atoms with Crippen LogP contribution in [-0.4, -0.2) is 53.0 Å². The highest BCUT2D eigenvalue weighted by atomic mass is 16.6. The van der Waals surface area contributed by atoms with Gasteiger partial charge in [0.05, 0.1) is 11.0 Å². The van der Waals surface area contributed by atoms with Crippen LogP contribution in [0.5, 0.6) is 0 Å². The predicted molar refractivity (Wildman–Crippen MR) is 111 cm³/mol. The number of aromatic nitrogens is 2. The number of carbonyl (C=O) groups is 1. The molecule has 1 unspecified atom stereocenters. The highest BCUT2D eigenvalue weighted by Crippen LogP contribution is 2.30. The molecule has 0 aliphatic carbocycles. The molecule has 28 heavy (non-hydrogen) atoms. The monoisotopic (exact) mass is 387 g/mol. The number of piperidine rings is 1. The average Bonchev–Trinajstić information content (AvgIpc) is 2.98. The van der Waals surface area contributed by atoms with E-state index < -0.39 is 5.60 Å². The summed E-state index contributed by atoms with van der Waals surface area (Å²) in [6.07, 6.45) is 2.71. The minimum absolute atomic E-state index is 0.219. The molecule has 154 valence electrons. The van der Waals surface area contributed by atoms with Gasteiger partial charge in [0.25, 0.3) is 0 Å². The molecule has 1 aromatic heterocycles. The van der Waals surface area contributed by atoms with Crippen molar-refractivity contribution in [3.8, 4) is 0 Å². The van der Waals surface area contributed by atoms with Crippen molar-refractivity contribution in [2.45, 2.75) is 65.0 Å². The number of nitrogens with zero attached hydrogens (tertiary/aromatic N) is 3. The van der Waals surface area contributed by atoms with Crippen molar-refractivity contribution >= 4 is 17.1 Å². The van der Waals surface area contributed by atoms with E-state index in [9.17, 15) is 4.79 Å². The van der Waals surface area contributed by atoms with Gasteiger partial charge in [-0.25, -0.2) is 9.78 Å². The number of likely N-dealkylation sites (tertiary alicyclic amines) is 1. The smallest absolute Gasteiger partial charge is 0.410 e. The Morgan fingerprint density at radius 3 is 2.82 bits per heavy atom. The summed E-state index contributed by atoms with van der Waals surface area (Å²) in [5.41, 5.74) is 2.92. The number of hydrogen-bond acceptors (Lipinski definition) is 4. The second-order valence-electron chi connectivity index (χ2n) is 8.73. The maximum atomic E-state index is 12.6. The molecule has 1 aromatic carbocycles. The zero-order valence-electron chi connectivity index (χ0n) is 17.8. The summed E-state index contributed by atoms with van der Waals surface area (Å²) in [4.78, 5) is 19.4. The van der Waals surface area contributed by atoms with Gasteiger partial charge < -0.3 is 18.9 Å². The summed E-state index contributed by atoms with van der Waals surface area (Å²) in [7, 11) is 1.73. The molecule has 6 heteroatoms. The molecule has 2 aromatic rings. The van der Waals surface area contributed by atoms with E-state index in [1.165, 1.54) is 5.56 Å². The molecule has 1 aliphatic rings. The lowest BCUT2D eigenvalue weighted by atomic mass is 9.97. The van der Waals surface area contributed by atoms with Crippen LogP contribution in [0, 0.1) is 6.92 Å². The highest BCUT2D eigenvalue weighted by molar-refractivity contribution is 5.77. The summed E-state index contributed by atoms with van der Waals surface area (Å²) in [5.74, 6) is 1.29. The van der Waals surface area contributed by atoms with Gasteiger partial charge in [0.1, 0.15) is 11.4 Å². The third kappa shape index (κ3) is 4.85. The lowest BCUT2D eigenvalue weighted by Gasteiger charge is -2.34. The minimum atomic E-state index is -0.477. The lowest BCUT2D eigenvalue weighted by molar-refractivity contribution is 0.0195. The molecule has 0 spiro atoms. The molecule has 0 radical (unpaired) electrons. The highest BCUT2D eigenvalue weighted by Gasteiger charge is 2.31. The van der Waals surface area contributed by atoms with Crippen molar-refractivity contribution in [3.63, 3.8) is 0 Å². The largest absolute Gasteiger partial charge is 0.444 e. The second-order valence-corrected chi connectivity index (χ2v) is 8.73. The number of fused-ring (bicyclic) bond motifs is 1. The Labute approximate surface area is 167 Å². The zero-order valence-corrected chi connectivity index (χ0v) is 17.8. The van der Waals surface area contributed by atoms with Crippen LogP contribution in [0.15, 0.2) is 18.2 Å². The fraction of sp³-hybridized carbons (Fsp3) is 0.636. The molecule has 6 nitrogen and oxygen atoms in total. The Kier molecular flexibility index (Phi) is 6.28. The van der Waals surface area contributed by atoms with Crippen LogP contribution in [0.2, 0.25) is 0 Å². The van der Waals surface area contributed by atoms with Crippen LogP contribution in [-0.2, 0) is 16.0 Å². The molecule has 1 amide bonds. The van der Waals surface area contributed by atoms with Crippen molar-refractivity contribution in [1.29, 1.82) is 0 Å². The van der Waals surface area contributed by atoms with Gasteiger partial charge in [0.15, 0.2) is 0 Å². The normalized spacial score (nSPS) is 17.9. The van der Waals surface area contributed by atoms with Crippen LogP contribution in [0.1, 0.15) is 57.3 Å². The standard InChI is InChI=1S/C22H33N3O3/c1-16-9-10-19-18(14-16)23-20(25(19)12-7-13-27-5)17-8-6-11-24(15-17)21(26)28-22(2,3)4/h9-10,14,17H,6-8,11-13,15H2,1-5H3. The Hall–Kier alpha value is -2.08. The Balaban J connectivity index is 1.86. The number of carbonyl (C=O) groups excluding carboxylic acids is 1. The molecule has 0 bridgehead atoms. The maximum Gasteiger partial charge on any atom is 0.410 e. The first kappa shape index (κ1) is 20.6. The van der Waals surface area contributed by atoms with Gasteiger partial charge in [-0.1, -0.05) is 6.07 Å². The van der Waals surface area contributed by atoms with Crippen LogP contribution >= 0.6 is 0 Å². The molecular weight excluding hydrogens is 354 g/mol. The summed E-state index contributed by atoms with van der Waals surface area (Å²) in [6.45, 7) is 10.8. The predicted octanol–water partition coefficient (Wildman–Crippen LogP) is 4.50. The van der Waals surface area contributed by atoms with Crippen molar-refractivity contribution in [1.82, 2.24) is 14.5 Å². The maximum absolute atomic E-state index is 12.6. The van der Waals surface area contributed by atoms with Crippen LogP contribution < -0.4 is 0 Å². The molecule has 1 atom stereocenters. The summed E-state index contributed by atoms with van der Waals surface area (Å²) in [6, 6.07) is 6.43. The molecule has 2 heterocycles. The summed E-state index contributed by atoms with van der Waals surface area (Å²) in [5, 5.41) is 0. The van der Waals surface area contributed by atoms with E-state index in [0.29, 0.717) is 6.54 Å². The van der Waals surface area contributed by atoms with Crippen LogP contribution in [0.4, 0.5) is 4.79 Å². The lowest BCUT2D eigenvalue weighted by Crippen LogP contribution is -2.42. The number of aryl methyl sites for hydroxylation is 2. The SMILES string of the molecule is COCCCn1c(C2CCCN(C(=O)OC(C)(C)C)C2)nc2cc(C)ccc21. The fourth-order valence-corrected chi connectivity index (χ4v) is 3.85. The van der Waals surface area contributed by atoms with E-state index in [-0.39, 0.29) is 12.0 Å². The molecule has 0 saturated carbocycles. The van der Waals surface area contributed by atoms with Crippen molar-refractivity contribution in [2.24, 2.45) is 0 Å². The van der Waals surface area contributed by atoms with E-state index in [4.69, 9.17) is 14.5 Å². The minimum Gasteiger partial charge on any atom is -0.444 e. The fourth-order valence-electron chi connectivity index (χ4n) is 3.85. The Morgan fingerprint density at radius 2 is 2.11 bits per heavy atom. The van der Waals surface area contributed by atoms with Gasteiger partial charge in [-0.2, -0.15) is 0 Å². The van der Waals surface area contributed by atoms with Crippen molar-refractivity contribution in [3.05, 3.63) is 29.6 Å². The van der Waals surface area contributed by atoms with Gasteiger partial charge in [-0.05, 0) is 64.7 Å². The van der Waals surface area contributed by atoms with E-state index in [0.717, 1.165) is 55.8 Å².